The molecule has 1 aromatic rings. The van der Waals surface area contributed by atoms with Crippen LogP contribution in [0.2, 0.25) is 0 Å². The van der Waals surface area contributed by atoms with Gasteiger partial charge in [-0.25, -0.2) is 9.59 Å². The predicted molar refractivity (Wildman–Crippen MR) is 91.8 cm³/mol. The molecule has 1 unspecified atom stereocenters. The molecule has 0 spiro atoms. The summed E-state index contributed by atoms with van der Waals surface area (Å²) in [5.74, 6) is -0.0422. The molecule has 0 bridgehead atoms. The van der Waals surface area contributed by atoms with Crippen molar-refractivity contribution in [1.29, 1.82) is 0 Å². The van der Waals surface area contributed by atoms with Gasteiger partial charge in [0.15, 0.2) is 0 Å². The number of hydrogen-bond acceptors (Lipinski definition) is 5. The Balaban J connectivity index is 1.34. The van der Waals surface area contributed by atoms with Crippen LogP contribution >= 0.6 is 0 Å². The Morgan fingerprint density at radius 2 is 1.81 bits per heavy atom. The summed E-state index contributed by atoms with van der Waals surface area (Å²) in [6, 6.07) is 9.13. The van der Waals surface area contributed by atoms with Crippen molar-refractivity contribution >= 4 is 18.0 Å². The second-order valence-electron chi connectivity index (χ2n) is 6.88. The molecule has 0 radical (unpaired) electrons. The van der Waals surface area contributed by atoms with Gasteiger partial charge in [-0.05, 0) is 37.3 Å². The summed E-state index contributed by atoms with van der Waals surface area (Å²) in [6.07, 6.45) is 1.56. The number of imide groups is 1. The Kier molecular flexibility index (Phi) is 4.50. The van der Waals surface area contributed by atoms with Crippen LogP contribution in [-0.2, 0) is 9.63 Å². The first-order valence-electron chi connectivity index (χ1n) is 9.02. The van der Waals surface area contributed by atoms with Crippen LogP contribution in [0.5, 0.6) is 0 Å². The van der Waals surface area contributed by atoms with E-state index in [9.17, 15) is 14.4 Å². The van der Waals surface area contributed by atoms with Gasteiger partial charge in [0.05, 0.1) is 6.67 Å². The molecule has 0 aliphatic carbocycles. The average molecular weight is 358 g/mol. The largest absolute Gasteiger partial charge is 0.434 e. The number of benzene rings is 1. The minimum atomic E-state index is -0.633. The normalized spacial score (nSPS) is 24.0. The van der Waals surface area contributed by atoms with Gasteiger partial charge in [-0.3, -0.25) is 15.0 Å². The van der Waals surface area contributed by atoms with E-state index < -0.39 is 24.1 Å². The van der Waals surface area contributed by atoms with E-state index in [0.29, 0.717) is 43.7 Å². The van der Waals surface area contributed by atoms with Crippen LogP contribution in [0.1, 0.15) is 30.7 Å². The second-order valence-corrected chi connectivity index (χ2v) is 6.88. The highest BCUT2D eigenvalue weighted by molar-refractivity contribution is 6.03. The first kappa shape index (κ1) is 16.8. The lowest BCUT2D eigenvalue weighted by molar-refractivity contribution is -0.152. The number of likely N-dealkylation sites (tertiary alicyclic amines) is 1. The number of hydrogen-bond donors (Lipinski definition) is 1. The first-order chi connectivity index (χ1) is 12.6. The molecule has 3 fully saturated rings. The zero-order chi connectivity index (χ0) is 18.1. The number of hydroxylamine groups is 2. The van der Waals surface area contributed by atoms with Gasteiger partial charge in [-0.1, -0.05) is 35.4 Å². The molecule has 26 heavy (non-hydrogen) atoms. The number of piperidine rings is 1. The molecular formula is C18H22N4O4. The van der Waals surface area contributed by atoms with Gasteiger partial charge in [0.1, 0.15) is 6.04 Å². The fourth-order valence-corrected chi connectivity index (χ4v) is 3.85. The molecule has 1 aromatic carbocycles. The number of amides is 4. The predicted octanol–water partition coefficient (Wildman–Crippen LogP) is 1.50. The maximum Gasteiger partial charge on any atom is 0.434 e. The molecule has 0 aromatic heterocycles. The van der Waals surface area contributed by atoms with Gasteiger partial charge < -0.3 is 9.74 Å². The molecule has 3 aliphatic heterocycles. The molecule has 1 atom stereocenters. The quantitative estimate of drug-likeness (QED) is 0.810. The van der Waals surface area contributed by atoms with E-state index in [1.165, 1.54) is 10.5 Å². The molecule has 8 heteroatoms. The third-order valence-corrected chi connectivity index (χ3v) is 5.35. The number of carbonyl (C=O) groups is 3. The Bertz CT molecular complexity index is 678. The molecular weight excluding hydrogens is 336 g/mol. The SMILES string of the molecule is O=C(ON1C(=O)C2CCNCN2C1=O)N1CCC(c2ccccc2)CC1. The van der Waals surface area contributed by atoms with Gasteiger partial charge >= 0.3 is 12.1 Å². The van der Waals surface area contributed by atoms with E-state index in [1.54, 1.807) is 4.90 Å². The second kappa shape index (κ2) is 6.95. The first-order valence-corrected chi connectivity index (χ1v) is 9.02. The molecule has 3 saturated heterocycles. The zero-order valence-electron chi connectivity index (χ0n) is 14.5. The van der Waals surface area contributed by atoms with Crippen molar-refractivity contribution in [3.8, 4) is 0 Å². The highest BCUT2D eigenvalue weighted by atomic mass is 16.7. The van der Waals surface area contributed by atoms with E-state index in [1.807, 2.05) is 18.2 Å². The van der Waals surface area contributed by atoms with Crippen LogP contribution in [-0.4, -0.2) is 65.2 Å². The third kappa shape index (κ3) is 3.01. The fraction of sp³-hybridized carbons (Fsp3) is 0.500. The summed E-state index contributed by atoms with van der Waals surface area (Å²) in [6.45, 7) is 2.05. The maximum absolute atomic E-state index is 12.4. The third-order valence-electron chi connectivity index (χ3n) is 5.35. The summed E-state index contributed by atoms with van der Waals surface area (Å²) >= 11 is 0. The summed E-state index contributed by atoms with van der Waals surface area (Å²) in [5.41, 5.74) is 1.27. The lowest BCUT2D eigenvalue weighted by Crippen LogP contribution is -2.48. The molecule has 3 aliphatic rings. The molecule has 138 valence electrons. The Morgan fingerprint density at radius 3 is 2.50 bits per heavy atom. The minimum absolute atomic E-state index is 0.297. The number of rotatable bonds is 2. The molecule has 1 N–H and O–H groups in total. The number of nitrogens with one attached hydrogen (secondary N) is 1. The molecule has 8 nitrogen and oxygen atoms in total. The van der Waals surface area contributed by atoms with Crippen molar-refractivity contribution in [1.82, 2.24) is 20.2 Å². The molecule has 4 rings (SSSR count). The Morgan fingerprint density at radius 1 is 1.08 bits per heavy atom. The van der Waals surface area contributed by atoms with E-state index in [-0.39, 0.29) is 0 Å². The van der Waals surface area contributed by atoms with Crippen LogP contribution < -0.4 is 5.32 Å². The van der Waals surface area contributed by atoms with Crippen molar-refractivity contribution in [2.75, 3.05) is 26.3 Å². The monoisotopic (exact) mass is 358 g/mol. The van der Waals surface area contributed by atoms with Crippen LogP contribution in [0.25, 0.3) is 0 Å². The van der Waals surface area contributed by atoms with Gasteiger partial charge in [0.2, 0.25) is 0 Å². The topological polar surface area (TPSA) is 82.2 Å². The molecule has 3 heterocycles. The maximum atomic E-state index is 12.4. The smallest absolute Gasteiger partial charge is 0.309 e. The van der Waals surface area contributed by atoms with Crippen LogP contribution in [0.4, 0.5) is 9.59 Å². The van der Waals surface area contributed by atoms with Crippen LogP contribution in [0.15, 0.2) is 30.3 Å². The Labute approximate surface area is 151 Å². The lowest BCUT2D eigenvalue weighted by atomic mass is 9.90. The molecule has 0 saturated carbocycles. The van der Waals surface area contributed by atoms with E-state index in [4.69, 9.17) is 4.84 Å². The van der Waals surface area contributed by atoms with Crippen molar-refractivity contribution < 1.29 is 19.2 Å². The average Bonchev–Trinajstić information content (AvgIpc) is 2.94. The Hall–Kier alpha value is -2.61. The summed E-state index contributed by atoms with van der Waals surface area (Å²) in [7, 11) is 0. The van der Waals surface area contributed by atoms with Crippen molar-refractivity contribution in [3.63, 3.8) is 0 Å². The highest BCUT2D eigenvalue weighted by Crippen LogP contribution is 2.28. The summed E-state index contributed by atoms with van der Waals surface area (Å²) < 4.78 is 0. The number of nitrogens with zero attached hydrogens (tertiary/aromatic N) is 3. The highest BCUT2D eigenvalue weighted by Gasteiger charge is 2.49. The minimum Gasteiger partial charge on any atom is -0.309 e. The van der Waals surface area contributed by atoms with Crippen molar-refractivity contribution in [3.05, 3.63) is 35.9 Å². The van der Waals surface area contributed by atoms with Crippen molar-refractivity contribution in [2.45, 2.75) is 31.2 Å². The zero-order valence-corrected chi connectivity index (χ0v) is 14.5. The van der Waals surface area contributed by atoms with Gasteiger partial charge in [-0.2, -0.15) is 0 Å². The lowest BCUT2D eigenvalue weighted by Gasteiger charge is -2.31. The standard InChI is InChI=1S/C18H22N4O4/c23-16-15-6-9-19-12-21(15)17(24)22(16)26-18(25)20-10-7-14(8-11-20)13-4-2-1-3-5-13/h1-5,14-15,19H,6-12H2. The van der Waals surface area contributed by atoms with Crippen LogP contribution in [0, 0.1) is 0 Å². The number of fused-ring (bicyclic) bond motifs is 1. The summed E-state index contributed by atoms with van der Waals surface area (Å²) in [5, 5.41) is 3.67. The number of urea groups is 1. The van der Waals surface area contributed by atoms with Crippen molar-refractivity contribution in [2.24, 2.45) is 0 Å². The van der Waals surface area contributed by atoms with Gasteiger partial charge in [-0.15, -0.1) is 0 Å². The fourth-order valence-electron chi connectivity index (χ4n) is 3.85. The van der Waals surface area contributed by atoms with E-state index in [2.05, 4.69) is 17.4 Å². The van der Waals surface area contributed by atoms with E-state index >= 15 is 0 Å². The van der Waals surface area contributed by atoms with Gasteiger partial charge in [0, 0.05) is 13.1 Å². The van der Waals surface area contributed by atoms with Crippen LogP contribution in [0.3, 0.4) is 0 Å². The summed E-state index contributed by atoms with van der Waals surface area (Å²) in [4.78, 5) is 45.2. The van der Waals surface area contributed by atoms with E-state index in [0.717, 1.165) is 12.8 Å². The molecule has 4 amide bonds. The number of carbonyl (C=O) groups excluding carboxylic acids is 3. The van der Waals surface area contributed by atoms with Gasteiger partial charge in [0.25, 0.3) is 5.91 Å².